The van der Waals surface area contributed by atoms with Crippen molar-refractivity contribution in [2.75, 3.05) is 25.5 Å². The molecule has 116 valence electrons. The van der Waals surface area contributed by atoms with Gasteiger partial charge in [0, 0.05) is 19.2 Å². The second-order valence-electron chi connectivity index (χ2n) is 4.92. The van der Waals surface area contributed by atoms with Crippen molar-refractivity contribution in [1.82, 2.24) is 4.90 Å². The maximum atomic E-state index is 12.0. The normalized spacial score (nSPS) is 10.0. The van der Waals surface area contributed by atoms with Crippen LogP contribution in [0.3, 0.4) is 0 Å². The first-order valence-electron chi connectivity index (χ1n) is 7.26. The summed E-state index contributed by atoms with van der Waals surface area (Å²) in [4.78, 5) is 25.1. The number of anilines is 1. The number of carbonyl (C=O) groups excluding carboxylic acids is 2. The van der Waals surface area contributed by atoms with E-state index in [2.05, 4.69) is 12.2 Å². The third-order valence-electron chi connectivity index (χ3n) is 3.19. The number of amides is 2. The fourth-order valence-corrected chi connectivity index (χ4v) is 1.95. The number of nitrogens with zero attached hydrogens (tertiary/aromatic N) is 1. The van der Waals surface area contributed by atoms with E-state index in [0.717, 1.165) is 25.0 Å². The van der Waals surface area contributed by atoms with Gasteiger partial charge in [-0.3, -0.25) is 9.59 Å². The summed E-state index contributed by atoms with van der Waals surface area (Å²) in [5, 5.41) is 2.78. The second-order valence-corrected chi connectivity index (χ2v) is 4.92. The molecule has 0 bridgehead atoms. The Balaban J connectivity index is 2.50. The number of hydrogen-bond acceptors (Lipinski definition) is 3. The smallest absolute Gasteiger partial charge is 0.243 e. The molecule has 0 aliphatic rings. The molecule has 0 saturated heterocycles. The average molecular weight is 292 g/mol. The molecule has 2 amide bonds. The van der Waals surface area contributed by atoms with Crippen molar-refractivity contribution in [3.8, 4) is 5.75 Å². The number of carbonyl (C=O) groups is 2. The molecule has 0 unspecified atom stereocenters. The fraction of sp³-hybridized carbons (Fsp3) is 0.500. The summed E-state index contributed by atoms with van der Waals surface area (Å²) in [6.07, 6.45) is 3.07. The molecule has 0 aromatic heterocycles. The number of hydrogen-bond donors (Lipinski definition) is 1. The molecule has 21 heavy (non-hydrogen) atoms. The number of unbranched alkanes of at least 4 members (excludes halogenated alkanes) is 2. The number of benzene rings is 1. The van der Waals surface area contributed by atoms with E-state index in [4.69, 9.17) is 4.74 Å². The van der Waals surface area contributed by atoms with Gasteiger partial charge in [0.2, 0.25) is 11.8 Å². The summed E-state index contributed by atoms with van der Waals surface area (Å²) in [7, 11) is 1.59. The van der Waals surface area contributed by atoms with Crippen molar-refractivity contribution >= 4 is 17.5 Å². The molecule has 1 aromatic carbocycles. The third-order valence-corrected chi connectivity index (χ3v) is 3.19. The lowest BCUT2D eigenvalue weighted by molar-refractivity contribution is -0.132. The maximum absolute atomic E-state index is 12.0. The number of nitrogens with one attached hydrogen (secondary N) is 1. The van der Waals surface area contributed by atoms with Crippen molar-refractivity contribution in [2.24, 2.45) is 0 Å². The molecule has 5 nitrogen and oxygen atoms in total. The van der Waals surface area contributed by atoms with Crippen LogP contribution in [0.5, 0.6) is 5.75 Å². The number of methoxy groups -OCH3 is 1. The third kappa shape index (κ3) is 6.29. The van der Waals surface area contributed by atoms with E-state index in [0.29, 0.717) is 12.2 Å². The van der Waals surface area contributed by atoms with Crippen LogP contribution in [0.1, 0.15) is 33.1 Å². The molecule has 0 radical (unpaired) electrons. The lowest BCUT2D eigenvalue weighted by atomic mass is 10.2. The molecule has 5 heteroatoms. The maximum Gasteiger partial charge on any atom is 0.243 e. The molecule has 0 aliphatic heterocycles. The molecule has 1 rings (SSSR count). The van der Waals surface area contributed by atoms with Gasteiger partial charge in [0.25, 0.3) is 0 Å². The van der Waals surface area contributed by atoms with E-state index in [1.165, 1.54) is 6.92 Å². The molecule has 0 saturated carbocycles. The van der Waals surface area contributed by atoms with Gasteiger partial charge in [0.1, 0.15) is 5.75 Å². The second kappa shape index (κ2) is 9.00. The van der Waals surface area contributed by atoms with Crippen molar-refractivity contribution < 1.29 is 14.3 Å². The van der Waals surface area contributed by atoms with Crippen LogP contribution in [0, 0.1) is 0 Å². The van der Waals surface area contributed by atoms with Crippen LogP contribution in [0.15, 0.2) is 24.3 Å². The van der Waals surface area contributed by atoms with E-state index >= 15 is 0 Å². The van der Waals surface area contributed by atoms with E-state index in [1.54, 1.807) is 36.3 Å². The summed E-state index contributed by atoms with van der Waals surface area (Å²) >= 11 is 0. The predicted octanol–water partition coefficient (Wildman–Crippen LogP) is 2.67. The molecule has 1 N–H and O–H groups in total. The number of ether oxygens (including phenoxy) is 1. The van der Waals surface area contributed by atoms with Gasteiger partial charge in [0.15, 0.2) is 0 Å². The van der Waals surface area contributed by atoms with Crippen LogP contribution in [0.2, 0.25) is 0 Å². The molecule has 0 spiro atoms. The fourth-order valence-electron chi connectivity index (χ4n) is 1.95. The number of rotatable bonds is 8. The first kappa shape index (κ1) is 17.0. The zero-order valence-electron chi connectivity index (χ0n) is 13.0. The molecule has 0 heterocycles. The van der Waals surface area contributed by atoms with Crippen molar-refractivity contribution in [2.45, 2.75) is 33.1 Å². The highest BCUT2D eigenvalue weighted by Gasteiger charge is 2.13. The van der Waals surface area contributed by atoms with Gasteiger partial charge in [-0.15, -0.1) is 0 Å². The van der Waals surface area contributed by atoms with Gasteiger partial charge in [-0.1, -0.05) is 19.8 Å². The minimum absolute atomic E-state index is 0.0732. The Hall–Kier alpha value is -2.04. The summed E-state index contributed by atoms with van der Waals surface area (Å²) in [6.45, 7) is 4.31. The minimum Gasteiger partial charge on any atom is -0.497 e. The highest BCUT2D eigenvalue weighted by Crippen LogP contribution is 2.14. The molecule has 0 aliphatic carbocycles. The highest BCUT2D eigenvalue weighted by molar-refractivity contribution is 5.94. The Kier molecular flexibility index (Phi) is 7.29. The largest absolute Gasteiger partial charge is 0.497 e. The zero-order chi connectivity index (χ0) is 15.7. The summed E-state index contributed by atoms with van der Waals surface area (Å²) < 4.78 is 5.06. The van der Waals surface area contributed by atoms with Gasteiger partial charge in [-0.05, 0) is 30.7 Å². The van der Waals surface area contributed by atoms with Crippen LogP contribution < -0.4 is 10.1 Å². The molecule has 1 aromatic rings. The molecular formula is C16H24N2O3. The zero-order valence-corrected chi connectivity index (χ0v) is 13.0. The minimum atomic E-state index is -0.188. The van der Waals surface area contributed by atoms with Crippen LogP contribution in [-0.2, 0) is 9.59 Å². The van der Waals surface area contributed by atoms with Crippen molar-refractivity contribution in [1.29, 1.82) is 0 Å². The van der Waals surface area contributed by atoms with Gasteiger partial charge in [0.05, 0.1) is 13.7 Å². The van der Waals surface area contributed by atoms with Gasteiger partial charge >= 0.3 is 0 Å². The first-order valence-corrected chi connectivity index (χ1v) is 7.26. The molecular weight excluding hydrogens is 268 g/mol. The van der Waals surface area contributed by atoms with Crippen LogP contribution in [0.4, 0.5) is 5.69 Å². The Labute approximate surface area is 126 Å². The van der Waals surface area contributed by atoms with Crippen LogP contribution in [0.25, 0.3) is 0 Å². The molecule has 0 fully saturated rings. The van der Waals surface area contributed by atoms with Gasteiger partial charge < -0.3 is 15.0 Å². The van der Waals surface area contributed by atoms with Crippen LogP contribution >= 0.6 is 0 Å². The summed E-state index contributed by atoms with van der Waals surface area (Å²) in [5.41, 5.74) is 0.692. The Bertz CT molecular complexity index is 457. The van der Waals surface area contributed by atoms with E-state index in [1.807, 2.05) is 0 Å². The first-order chi connectivity index (χ1) is 10.1. The molecule has 0 atom stereocenters. The summed E-state index contributed by atoms with van der Waals surface area (Å²) in [6, 6.07) is 7.09. The monoisotopic (exact) mass is 292 g/mol. The van der Waals surface area contributed by atoms with Gasteiger partial charge in [-0.25, -0.2) is 0 Å². The Morgan fingerprint density at radius 3 is 2.38 bits per heavy atom. The predicted molar refractivity (Wildman–Crippen MR) is 83.4 cm³/mol. The van der Waals surface area contributed by atoms with Crippen molar-refractivity contribution in [3.05, 3.63) is 24.3 Å². The van der Waals surface area contributed by atoms with E-state index < -0.39 is 0 Å². The van der Waals surface area contributed by atoms with Crippen molar-refractivity contribution in [3.63, 3.8) is 0 Å². The highest BCUT2D eigenvalue weighted by atomic mass is 16.5. The lowest BCUT2D eigenvalue weighted by Crippen LogP contribution is -2.37. The standard InChI is InChI=1S/C16H24N2O3/c1-4-5-6-11-18(13(2)19)12-16(20)17-14-7-9-15(21-3)10-8-14/h7-10H,4-6,11-12H2,1-3H3,(H,17,20). The Morgan fingerprint density at radius 1 is 1.19 bits per heavy atom. The van der Waals surface area contributed by atoms with Gasteiger partial charge in [-0.2, -0.15) is 0 Å². The van der Waals surface area contributed by atoms with Crippen LogP contribution in [-0.4, -0.2) is 36.9 Å². The SMILES string of the molecule is CCCCCN(CC(=O)Nc1ccc(OC)cc1)C(C)=O. The average Bonchev–Trinajstić information content (AvgIpc) is 2.47. The Morgan fingerprint density at radius 2 is 1.86 bits per heavy atom. The van der Waals surface area contributed by atoms with E-state index in [9.17, 15) is 9.59 Å². The lowest BCUT2D eigenvalue weighted by Gasteiger charge is -2.20. The quantitative estimate of drug-likeness (QED) is 0.749. The van der Waals surface area contributed by atoms with E-state index in [-0.39, 0.29) is 18.4 Å². The topological polar surface area (TPSA) is 58.6 Å². The summed E-state index contributed by atoms with van der Waals surface area (Å²) in [5.74, 6) is 0.473.